The molecule has 1 heterocycles. The molecule has 27 heavy (non-hydrogen) atoms. The summed E-state index contributed by atoms with van der Waals surface area (Å²) in [6.07, 6.45) is 1.95. The first-order valence-electron chi connectivity index (χ1n) is 8.56. The highest BCUT2D eigenvalue weighted by Gasteiger charge is 2.34. The molecule has 1 aliphatic rings. The number of carbonyl (C=O) groups is 3. The van der Waals surface area contributed by atoms with Crippen molar-refractivity contribution in [2.45, 2.75) is 32.2 Å². The number of carbonyl (C=O) groups excluding carboxylic acids is 2. The first kappa shape index (κ1) is 19.0. The van der Waals surface area contributed by atoms with Crippen molar-refractivity contribution in [3.8, 4) is 0 Å². The van der Waals surface area contributed by atoms with Crippen LogP contribution in [-0.2, 0) is 4.79 Å². The van der Waals surface area contributed by atoms with Gasteiger partial charge in [-0.3, -0.25) is 14.4 Å². The number of carboxylic acids is 1. The number of rotatable bonds is 5. The Kier molecular flexibility index (Phi) is 5.55. The van der Waals surface area contributed by atoms with Gasteiger partial charge in [0.25, 0.3) is 11.8 Å². The van der Waals surface area contributed by atoms with Gasteiger partial charge < -0.3 is 15.7 Å². The fourth-order valence-electron chi connectivity index (χ4n) is 3.25. The highest BCUT2D eigenvalue weighted by molar-refractivity contribution is 7.18. The summed E-state index contributed by atoms with van der Waals surface area (Å²) in [5.41, 5.74) is 0.860. The van der Waals surface area contributed by atoms with Crippen LogP contribution in [0.4, 0.5) is 9.39 Å². The van der Waals surface area contributed by atoms with Crippen molar-refractivity contribution >= 4 is 34.1 Å². The van der Waals surface area contributed by atoms with Crippen LogP contribution in [0.3, 0.4) is 0 Å². The number of halogens is 1. The molecule has 142 valence electrons. The van der Waals surface area contributed by atoms with Crippen molar-refractivity contribution in [1.82, 2.24) is 5.32 Å². The van der Waals surface area contributed by atoms with E-state index in [2.05, 4.69) is 10.6 Å². The van der Waals surface area contributed by atoms with Crippen LogP contribution in [0.5, 0.6) is 0 Å². The summed E-state index contributed by atoms with van der Waals surface area (Å²) in [5, 5.41) is 15.2. The molecule has 3 rings (SSSR count). The second-order valence-electron chi connectivity index (χ2n) is 6.54. The lowest BCUT2D eigenvalue weighted by Crippen LogP contribution is -2.40. The van der Waals surface area contributed by atoms with Gasteiger partial charge in [-0.15, -0.1) is 11.3 Å². The number of carboxylic acid groups (broad SMARTS) is 1. The molecule has 2 atom stereocenters. The third-order valence-electron chi connectivity index (χ3n) is 4.60. The molecule has 1 fully saturated rings. The largest absolute Gasteiger partial charge is 0.481 e. The standard InChI is InChI=1S/C19H19FN2O4S/c1-10-8-15(22-17(23)11-4-2-5-12(20)9-11)27-16(10)18(24)21-14-7-3-6-13(14)19(25)26/h2,4-5,8-9,13-14H,3,6-7H2,1H3,(H,21,24)(H,22,23)(H,25,26)/t13-,14+/m0/s1. The summed E-state index contributed by atoms with van der Waals surface area (Å²) < 4.78 is 13.3. The van der Waals surface area contributed by atoms with Crippen molar-refractivity contribution in [3.63, 3.8) is 0 Å². The van der Waals surface area contributed by atoms with Crippen LogP contribution < -0.4 is 10.6 Å². The second kappa shape index (κ2) is 7.87. The Labute approximate surface area is 159 Å². The molecule has 6 nitrogen and oxygen atoms in total. The summed E-state index contributed by atoms with van der Waals surface area (Å²) in [6.45, 7) is 1.74. The van der Waals surface area contributed by atoms with Crippen LogP contribution in [0.1, 0.15) is 44.9 Å². The van der Waals surface area contributed by atoms with E-state index in [1.54, 1.807) is 13.0 Å². The monoisotopic (exact) mass is 390 g/mol. The number of amides is 2. The maximum atomic E-state index is 13.3. The Morgan fingerprint density at radius 2 is 1.96 bits per heavy atom. The number of nitrogens with one attached hydrogen (secondary N) is 2. The molecule has 1 aliphatic carbocycles. The van der Waals surface area contributed by atoms with Crippen LogP contribution in [0.25, 0.3) is 0 Å². The van der Waals surface area contributed by atoms with Crippen molar-refractivity contribution in [3.05, 3.63) is 52.2 Å². The van der Waals surface area contributed by atoms with Crippen molar-refractivity contribution in [1.29, 1.82) is 0 Å². The number of thiophene rings is 1. The molecule has 1 aromatic carbocycles. The van der Waals surface area contributed by atoms with Crippen LogP contribution in [0.15, 0.2) is 30.3 Å². The first-order valence-corrected chi connectivity index (χ1v) is 9.38. The van der Waals surface area contributed by atoms with E-state index in [0.29, 0.717) is 28.3 Å². The van der Waals surface area contributed by atoms with E-state index in [-0.39, 0.29) is 17.5 Å². The average molecular weight is 390 g/mol. The summed E-state index contributed by atoms with van der Waals surface area (Å²) in [6, 6.07) is 6.61. The zero-order valence-electron chi connectivity index (χ0n) is 14.6. The Hall–Kier alpha value is -2.74. The third kappa shape index (κ3) is 4.33. The second-order valence-corrected chi connectivity index (χ2v) is 7.60. The van der Waals surface area contributed by atoms with Crippen LogP contribution in [0.2, 0.25) is 0 Å². The SMILES string of the molecule is Cc1cc(NC(=O)c2cccc(F)c2)sc1C(=O)N[C@@H]1CCC[C@@H]1C(=O)O. The predicted molar refractivity (Wildman–Crippen MR) is 99.6 cm³/mol. The van der Waals surface area contributed by atoms with Gasteiger partial charge in [-0.2, -0.15) is 0 Å². The lowest BCUT2D eigenvalue weighted by molar-refractivity contribution is -0.142. The fourth-order valence-corrected chi connectivity index (χ4v) is 4.22. The molecule has 0 unspecified atom stereocenters. The Morgan fingerprint density at radius 1 is 1.19 bits per heavy atom. The quantitative estimate of drug-likeness (QED) is 0.729. The number of hydrogen-bond acceptors (Lipinski definition) is 4. The van der Waals surface area contributed by atoms with Crippen molar-refractivity contribution in [2.75, 3.05) is 5.32 Å². The maximum absolute atomic E-state index is 13.3. The van der Waals surface area contributed by atoms with Gasteiger partial charge in [-0.1, -0.05) is 12.5 Å². The Morgan fingerprint density at radius 3 is 2.67 bits per heavy atom. The van der Waals surface area contributed by atoms with Gasteiger partial charge in [-0.25, -0.2) is 4.39 Å². The summed E-state index contributed by atoms with van der Waals surface area (Å²) in [4.78, 5) is 36.4. The Bertz CT molecular complexity index is 896. The summed E-state index contributed by atoms with van der Waals surface area (Å²) in [5.74, 6) is -2.79. The van der Waals surface area contributed by atoms with Gasteiger partial charge in [0.15, 0.2) is 0 Å². The fraction of sp³-hybridized carbons (Fsp3) is 0.316. The summed E-state index contributed by atoms with van der Waals surface area (Å²) >= 11 is 1.10. The molecule has 0 aliphatic heterocycles. The van der Waals surface area contributed by atoms with Crippen LogP contribution in [0, 0.1) is 18.7 Å². The van der Waals surface area contributed by atoms with E-state index >= 15 is 0 Å². The lowest BCUT2D eigenvalue weighted by atomic mass is 10.0. The smallest absolute Gasteiger partial charge is 0.308 e. The molecule has 2 amide bonds. The van der Waals surface area contributed by atoms with E-state index < -0.39 is 23.6 Å². The van der Waals surface area contributed by atoms with Crippen molar-refractivity contribution in [2.24, 2.45) is 5.92 Å². The molecule has 2 aromatic rings. The molecular weight excluding hydrogens is 371 g/mol. The highest BCUT2D eigenvalue weighted by atomic mass is 32.1. The van der Waals surface area contributed by atoms with Gasteiger partial charge in [0, 0.05) is 11.6 Å². The average Bonchev–Trinajstić information content (AvgIpc) is 3.21. The lowest BCUT2D eigenvalue weighted by Gasteiger charge is -2.17. The zero-order chi connectivity index (χ0) is 19.6. The van der Waals surface area contributed by atoms with Gasteiger partial charge in [-0.05, 0) is 49.6 Å². The van der Waals surface area contributed by atoms with E-state index in [1.807, 2.05) is 0 Å². The minimum atomic E-state index is -0.899. The van der Waals surface area contributed by atoms with E-state index in [4.69, 9.17) is 0 Å². The molecular formula is C19H19FN2O4S. The van der Waals surface area contributed by atoms with E-state index in [9.17, 15) is 23.9 Å². The van der Waals surface area contributed by atoms with Gasteiger partial charge >= 0.3 is 5.97 Å². The normalized spacial score (nSPS) is 18.9. The number of anilines is 1. The maximum Gasteiger partial charge on any atom is 0.308 e. The predicted octanol–water partition coefficient (Wildman–Crippen LogP) is 3.43. The number of aryl methyl sites for hydroxylation is 1. The van der Waals surface area contributed by atoms with Gasteiger partial charge in [0.05, 0.1) is 15.8 Å². The van der Waals surface area contributed by atoms with Gasteiger partial charge in [0.2, 0.25) is 0 Å². The highest BCUT2D eigenvalue weighted by Crippen LogP contribution is 2.30. The van der Waals surface area contributed by atoms with E-state index in [0.717, 1.165) is 23.8 Å². The number of hydrogen-bond donors (Lipinski definition) is 3. The van der Waals surface area contributed by atoms with E-state index in [1.165, 1.54) is 18.2 Å². The van der Waals surface area contributed by atoms with Crippen LogP contribution in [-0.4, -0.2) is 28.9 Å². The number of benzene rings is 1. The minimum Gasteiger partial charge on any atom is -0.481 e. The van der Waals surface area contributed by atoms with Crippen molar-refractivity contribution < 1.29 is 23.9 Å². The summed E-state index contributed by atoms with van der Waals surface area (Å²) in [7, 11) is 0. The topological polar surface area (TPSA) is 95.5 Å². The first-order chi connectivity index (χ1) is 12.8. The Balaban J connectivity index is 1.69. The molecule has 0 radical (unpaired) electrons. The molecule has 3 N–H and O–H groups in total. The van der Waals surface area contributed by atoms with Crippen LogP contribution >= 0.6 is 11.3 Å². The third-order valence-corrected chi connectivity index (χ3v) is 5.75. The van der Waals surface area contributed by atoms with Gasteiger partial charge in [0.1, 0.15) is 5.82 Å². The molecule has 0 bridgehead atoms. The molecule has 0 saturated heterocycles. The molecule has 1 aromatic heterocycles. The molecule has 8 heteroatoms. The number of aliphatic carboxylic acids is 1. The zero-order valence-corrected chi connectivity index (χ0v) is 15.4. The molecule has 1 saturated carbocycles. The minimum absolute atomic E-state index is 0.183. The molecule has 0 spiro atoms.